The SMILES string of the molecule is CC(C)O[Si](O[Si](O[Si](C)(C)O)(c1ccccc1)c1ccccc1)(c1ccccc1)c1ccccc1. The van der Waals surface area contributed by atoms with Gasteiger partial charge >= 0.3 is 25.7 Å². The maximum Gasteiger partial charge on any atom is 0.398 e. The van der Waals surface area contributed by atoms with Gasteiger partial charge in [-0.1, -0.05) is 121 Å². The molecule has 0 fully saturated rings. The second-order valence-corrected chi connectivity index (χ2v) is 19.1. The van der Waals surface area contributed by atoms with E-state index in [-0.39, 0.29) is 6.10 Å². The zero-order chi connectivity index (χ0) is 25.7. The van der Waals surface area contributed by atoms with Crippen molar-refractivity contribution in [3.8, 4) is 0 Å². The Hall–Kier alpha value is -2.63. The minimum atomic E-state index is -3.50. The summed E-state index contributed by atoms with van der Waals surface area (Å²) in [7, 11) is -9.96. The van der Waals surface area contributed by atoms with Crippen molar-refractivity contribution in [2.24, 2.45) is 0 Å². The fourth-order valence-corrected chi connectivity index (χ4v) is 16.5. The molecule has 4 aromatic carbocycles. The van der Waals surface area contributed by atoms with Gasteiger partial charge in [-0.05, 0) is 47.7 Å². The zero-order valence-electron chi connectivity index (χ0n) is 21.3. The van der Waals surface area contributed by atoms with E-state index in [0.29, 0.717) is 0 Å². The molecule has 0 heterocycles. The topological polar surface area (TPSA) is 47.9 Å². The number of hydrogen-bond acceptors (Lipinski definition) is 4. The van der Waals surface area contributed by atoms with Crippen molar-refractivity contribution in [2.75, 3.05) is 0 Å². The van der Waals surface area contributed by atoms with Crippen LogP contribution in [0.4, 0.5) is 0 Å². The van der Waals surface area contributed by atoms with E-state index in [1.54, 1.807) is 13.1 Å². The van der Waals surface area contributed by atoms with Gasteiger partial charge in [0.2, 0.25) is 0 Å². The summed E-state index contributed by atoms with van der Waals surface area (Å²) in [5, 5.41) is 3.85. The van der Waals surface area contributed by atoms with Crippen molar-refractivity contribution in [3.63, 3.8) is 0 Å². The van der Waals surface area contributed by atoms with Crippen LogP contribution in [0.5, 0.6) is 0 Å². The smallest absolute Gasteiger partial charge is 0.398 e. The van der Waals surface area contributed by atoms with Gasteiger partial charge in [-0.25, -0.2) is 0 Å². The zero-order valence-corrected chi connectivity index (χ0v) is 24.3. The fraction of sp³-hybridized carbons (Fsp3) is 0.172. The molecule has 0 radical (unpaired) electrons. The van der Waals surface area contributed by atoms with E-state index in [4.69, 9.17) is 12.7 Å². The molecule has 0 atom stereocenters. The molecule has 186 valence electrons. The first-order valence-corrected chi connectivity index (χ1v) is 18.8. The molecule has 0 aliphatic rings. The van der Waals surface area contributed by atoms with E-state index in [0.717, 1.165) is 20.7 Å². The average molecular weight is 531 g/mol. The highest BCUT2D eigenvalue weighted by molar-refractivity contribution is 7.06. The van der Waals surface area contributed by atoms with Crippen LogP contribution >= 0.6 is 0 Å². The highest BCUT2D eigenvalue weighted by atomic mass is 28.5. The Kier molecular flexibility index (Phi) is 8.21. The van der Waals surface area contributed by atoms with E-state index >= 15 is 0 Å². The van der Waals surface area contributed by atoms with Crippen LogP contribution in [0.3, 0.4) is 0 Å². The summed E-state index contributed by atoms with van der Waals surface area (Å²) in [4.78, 5) is 11.2. The van der Waals surface area contributed by atoms with Crippen LogP contribution in [0.25, 0.3) is 0 Å². The second-order valence-electron chi connectivity index (χ2n) is 9.51. The Morgan fingerprint density at radius 3 is 1.08 bits per heavy atom. The van der Waals surface area contributed by atoms with Gasteiger partial charge in [0, 0.05) is 6.10 Å². The molecule has 0 bridgehead atoms. The molecule has 7 heteroatoms. The predicted molar refractivity (Wildman–Crippen MR) is 154 cm³/mol. The lowest BCUT2D eigenvalue weighted by Crippen LogP contribution is -2.77. The van der Waals surface area contributed by atoms with Crippen LogP contribution in [0, 0.1) is 0 Å². The van der Waals surface area contributed by atoms with Gasteiger partial charge in [0.05, 0.1) is 0 Å². The van der Waals surface area contributed by atoms with Crippen molar-refractivity contribution in [2.45, 2.75) is 33.0 Å². The Morgan fingerprint density at radius 1 is 0.500 bits per heavy atom. The third-order valence-electron chi connectivity index (χ3n) is 5.70. The van der Waals surface area contributed by atoms with Gasteiger partial charge in [0.1, 0.15) is 0 Å². The highest BCUT2D eigenvalue weighted by Gasteiger charge is 2.56. The molecular weight excluding hydrogens is 497 g/mol. The van der Waals surface area contributed by atoms with Crippen LogP contribution in [0.2, 0.25) is 13.1 Å². The molecule has 1 N–H and O–H groups in total. The van der Waals surface area contributed by atoms with Gasteiger partial charge in [0.15, 0.2) is 0 Å². The van der Waals surface area contributed by atoms with Crippen LogP contribution in [-0.2, 0) is 12.7 Å². The maximum absolute atomic E-state index is 11.2. The summed E-state index contributed by atoms with van der Waals surface area (Å²) in [6, 6.07) is 40.6. The second kappa shape index (κ2) is 11.2. The van der Waals surface area contributed by atoms with E-state index in [1.807, 2.05) is 111 Å². The van der Waals surface area contributed by atoms with E-state index in [9.17, 15) is 4.80 Å². The average Bonchev–Trinajstić information content (AvgIpc) is 2.89. The minimum Gasteiger partial charge on any atom is -0.411 e. The summed E-state index contributed by atoms with van der Waals surface area (Å²) in [5.74, 6) is 0. The van der Waals surface area contributed by atoms with Gasteiger partial charge < -0.3 is 17.5 Å². The lowest BCUT2D eigenvalue weighted by Gasteiger charge is -2.44. The van der Waals surface area contributed by atoms with Crippen LogP contribution < -0.4 is 20.7 Å². The molecule has 0 saturated heterocycles. The van der Waals surface area contributed by atoms with Gasteiger partial charge in [-0.3, -0.25) is 0 Å². The summed E-state index contributed by atoms with van der Waals surface area (Å²) >= 11 is 0. The van der Waals surface area contributed by atoms with E-state index in [1.165, 1.54) is 0 Å². The normalized spacial score (nSPS) is 12.6. The molecular formula is C29H34O4Si3. The van der Waals surface area contributed by atoms with Crippen molar-refractivity contribution >= 4 is 46.4 Å². The first-order valence-electron chi connectivity index (χ1n) is 12.3. The molecule has 4 rings (SSSR count). The van der Waals surface area contributed by atoms with E-state index < -0.39 is 25.7 Å². The van der Waals surface area contributed by atoms with Crippen molar-refractivity contribution in [1.29, 1.82) is 0 Å². The minimum absolute atomic E-state index is 0.102. The lowest BCUT2D eigenvalue weighted by molar-refractivity contribution is 0.188. The van der Waals surface area contributed by atoms with Crippen molar-refractivity contribution < 1.29 is 17.5 Å². The first-order chi connectivity index (χ1) is 17.3. The summed E-state index contributed by atoms with van der Waals surface area (Å²) in [5.41, 5.74) is 0. The van der Waals surface area contributed by atoms with Crippen LogP contribution in [0.15, 0.2) is 121 Å². The molecule has 0 spiro atoms. The molecule has 0 aliphatic carbocycles. The largest absolute Gasteiger partial charge is 0.411 e. The fourth-order valence-electron chi connectivity index (χ4n) is 4.38. The van der Waals surface area contributed by atoms with Gasteiger partial charge in [-0.2, -0.15) is 0 Å². The number of benzene rings is 4. The van der Waals surface area contributed by atoms with Crippen LogP contribution in [-0.4, -0.2) is 36.6 Å². The third-order valence-corrected chi connectivity index (χ3v) is 16.3. The first kappa shape index (κ1) is 26.4. The maximum atomic E-state index is 11.2. The summed E-state index contributed by atoms with van der Waals surface area (Å²) in [6.07, 6.45) is -0.102. The molecule has 0 unspecified atom stereocenters. The molecule has 0 amide bonds. The molecule has 36 heavy (non-hydrogen) atoms. The lowest BCUT2D eigenvalue weighted by atomic mass is 10.4. The molecule has 4 aromatic rings. The molecule has 0 aromatic heterocycles. The van der Waals surface area contributed by atoms with Crippen molar-refractivity contribution in [1.82, 2.24) is 0 Å². The Labute approximate surface area is 217 Å². The summed E-state index contributed by atoms with van der Waals surface area (Å²) < 4.78 is 21.3. The monoisotopic (exact) mass is 530 g/mol. The Bertz CT molecular complexity index is 1140. The van der Waals surface area contributed by atoms with Crippen LogP contribution in [0.1, 0.15) is 13.8 Å². The molecule has 4 nitrogen and oxygen atoms in total. The van der Waals surface area contributed by atoms with E-state index in [2.05, 4.69) is 24.3 Å². The van der Waals surface area contributed by atoms with Gasteiger partial charge in [0.25, 0.3) is 0 Å². The molecule has 0 saturated carbocycles. The quantitative estimate of drug-likeness (QED) is 0.318. The third kappa shape index (κ3) is 5.84. The van der Waals surface area contributed by atoms with Gasteiger partial charge in [-0.15, -0.1) is 0 Å². The Balaban J connectivity index is 2.07. The summed E-state index contributed by atoms with van der Waals surface area (Å²) in [6.45, 7) is 7.66. The number of hydrogen-bond donors (Lipinski definition) is 1. The predicted octanol–water partition coefficient (Wildman–Crippen LogP) is 3.65. The molecule has 0 aliphatic heterocycles. The standard InChI is InChI=1S/C29H34O4Si3/c1-25(2)31-35(26-17-9-5-10-18-26,27-19-11-6-12-20-27)33-36(32-34(3,4)30,28-21-13-7-14-22-28)29-23-15-8-16-24-29/h5-25,30H,1-4H3. The Morgan fingerprint density at radius 2 is 0.806 bits per heavy atom. The number of rotatable bonds is 10. The van der Waals surface area contributed by atoms with Crippen molar-refractivity contribution in [3.05, 3.63) is 121 Å². The highest BCUT2D eigenvalue weighted by Crippen LogP contribution is 2.23.